The van der Waals surface area contributed by atoms with Crippen molar-refractivity contribution < 1.29 is 9.53 Å². The Kier molecular flexibility index (Phi) is 8.92. The third-order valence-electron chi connectivity index (χ3n) is 4.36. The summed E-state index contributed by atoms with van der Waals surface area (Å²) >= 11 is 5.99. The molecule has 1 aromatic carbocycles. The third kappa shape index (κ3) is 5.96. The van der Waals surface area contributed by atoms with Crippen LogP contribution in [-0.2, 0) is 14.9 Å². The van der Waals surface area contributed by atoms with Gasteiger partial charge in [0.05, 0.1) is 0 Å². The highest BCUT2D eigenvalue weighted by Gasteiger charge is 2.34. The Balaban J connectivity index is 0.00000264. The van der Waals surface area contributed by atoms with Gasteiger partial charge in [0.25, 0.3) is 0 Å². The molecule has 1 aliphatic rings. The molecule has 1 aromatic rings. The van der Waals surface area contributed by atoms with Gasteiger partial charge in [-0.2, -0.15) is 0 Å². The predicted octanol–water partition coefficient (Wildman–Crippen LogP) is 2.93. The van der Waals surface area contributed by atoms with Gasteiger partial charge in [0, 0.05) is 36.6 Å². The second kappa shape index (κ2) is 10.1. The van der Waals surface area contributed by atoms with Gasteiger partial charge in [-0.05, 0) is 50.6 Å². The minimum atomic E-state index is -0.0402. The number of carbonyl (C=O) groups excluding carboxylic acids is 1. The Bertz CT molecular complexity index is 474. The quantitative estimate of drug-likeness (QED) is 0.735. The van der Waals surface area contributed by atoms with E-state index >= 15 is 0 Å². The van der Waals surface area contributed by atoms with Crippen LogP contribution in [0.4, 0.5) is 0 Å². The van der Waals surface area contributed by atoms with E-state index in [9.17, 15) is 4.79 Å². The number of nitrogens with one attached hydrogen (secondary N) is 2. The van der Waals surface area contributed by atoms with Crippen molar-refractivity contribution in [3.8, 4) is 0 Å². The number of carbonyl (C=O) groups is 1. The molecular weight excluding hydrogens is 335 g/mol. The highest BCUT2D eigenvalue weighted by atomic mass is 35.5. The van der Waals surface area contributed by atoms with Gasteiger partial charge >= 0.3 is 0 Å². The molecule has 1 heterocycles. The second-order valence-corrected chi connectivity index (χ2v) is 6.32. The van der Waals surface area contributed by atoms with Crippen LogP contribution in [-0.4, -0.2) is 39.3 Å². The fourth-order valence-electron chi connectivity index (χ4n) is 2.91. The Morgan fingerprint density at radius 3 is 2.52 bits per heavy atom. The van der Waals surface area contributed by atoms with Crippen LogP contribution in [0.15, 0.2) is 24.3 Å². The van der Waals surface area contributed by atoms with Crippen molar-refractivity contribution in [2.24, 2.45) is 0 Å². The Labute approximate surface area is 149 Å². The first-order valence-electron chi connectivity index (χ1n) is 7.91. The first-order chi connectivity index (χ1) is 10.7. The molecule has 1 fully saturated rings. The molecule has 2 rings (SSSR count). The molecular formula is C17H26Cl2N2O2. The fourth-order valence-corrected chi connectivity index (χ4v) is 3.04. The number of hydrogen-bond donors (Lipinski definition) is 2. The van der Waals surface area contributed by atoms with E-state index in [-0.39, 0.29) is 23.7 Å². The molecule has 23 heavy (non-hydrogen) atoms. The van der Waals surface area contributed by atoms with Gasteiger partial charge in [0.15, 0.2) is 0 Å². The summed E-state index contributed by atoms with van der Waals surface area (Å²) in [6, 6.07) is 7.98. The number of rotatable bonds is 7. The Hall–Kier alpha value is -0.810. The lowest BCUT2D eigenvalue weighted by atomic mass is 9.74. The molecule has 6 heteroatoms. The van der Waals surface area contributed by atoms with Crippen LogP contribution in [0.1, 0.15) is 31.2 Å². The molecule has 0 atom stereocenters. The summed E-state index contributed by atoms with van der Waals surface area (Å²) in [5, 5.41) is 6.91. The third-order valence-corrected chi connectivity index (χ3v) is 4.61. The average molecular weight is 361 g/mol. The molecule has 130 valence electrons. The van der Waals surface area contributed by atoms with Crippen molar-refractivity contribution in [2.45, 2.75) is 31.1 Å². The molecule has 0 radical (unpaired) electrons. The predicted molar refractivity (Wildman–Crippen MR) is 96.6 cm³/mol. The van der Waals surface area contributed by atoms with Crippen LogP contribution in [0.5, 0.6) is 0 Å². The molecule has 1 amide bonds. The summed E-state index contributed by atoms with van der Waals surface area (Å²) in [4.78, 5) is 12.0. The van der Waals surface area contributed by atoms with Crippen LogP contribution in [0, 0.1) is 0 Å². The van der Waals surface area contributed by atoms with E-state index in [1.54, 1.807) is 0 Å². The largest absolute Gasteiger partial charge is 0.381 e. The summed E-state index contributed by atoms with van der Waals surface area (Å²) in [6.07, 6.45) is 3.27. The Morgan fingerprint density at radius 2 is 1.91 bits per heavy atom. The van der Waals surface area contributed by atoms with E-state index in [0.717, 1.165) is 44.0 Å². The number of benzene rings is 1. The maximum Gasteiger partial charge on any atom is 0.220 e. The first-order valence-corrected chi connectivity index (χ1v) is 8.29. The number of hydrogen-bond acceptors (Lipinski definition) is 3. The SMILES string of the molecule is CNCCCC(=O)NCC1(c2ccc(Cl)cc2)CCOCC1.Cl. The molecule has 0 spiro atoms. The Morgan fingerprint density at radius 1 is 1.26 bits per heavy atom. The van der Waals surface area contributed by atoms with Gasteiger partial charge in [-0.25, -0.2) is 0 Å². The molecule has 0 aromatic heterocycles. The number of ether oxygens (including phenoxy) is 1. The lowest BCUT2D eigenvalue weighted by Crippen LogP contribution is -2.44. The van der Waals surface area contributed by atoms with Gasteiger partial charge in [-0.15, -0.1) is 12.4 Å². The molecule has 0 bridgehead atoms. The molecule has 1 aliphatic heterocycles. The van der Waals surface area contributed by atoms with Crippen molar-refractivity contribution in [1.29, 1.82) is 0 Å². The molecule has 0 aliphatic carbocycles. The minimum Gasteiger partial charge on any atom is -0.381 e. The van der Waals surface area contributed by atoms with Crippen LogP contribution >= 0.6 is 24.0 Å². The van der Waals surface area contributed by atoms with Crippen LogP contribution in [0.3, 0.4) is 0 Å². The second-order valence-electron chi connectivity index (χ2n) is 5.88. The summed E-state index contributed by atoms with van der Waals surface area (Å²) in [6.45, 7) is 3.00. The van der Waals surface area contributed by atoms with Crippen LogP contribution < -0.4 is 10.6 Å². The summed E-state index contributed by atoms with van der Waals surface area (Å²) in [7, 11) is 1.90. The maximum absolute atomic E-state index is 12.0. The smallest absolute Gasteiger partial charge is 0.220 e. The van der Waals surface area contributed by atoms with Gasteiger partial charge in [-0.1, -0.05) is 23.7 Å². The lowest BCUT2D eigenvalue weighted by Gasteiger charge is -2.38. The zero-order valence-corrected chi connectivity index (χ0v) is 15.1. The monoisotopic (exact) mass is 360 g/mol. The van der Waals surface area contributed by atoms with Gasteiger partial charge < -0.3 is 15.4 Å². The van der Waals surface area contributed by atoms with Gasteiger partial charge in [0.2, 0.25) is 5.91 Å². The molecule has 4 nitrogen and oxygen atoms in total. The van der Waals surface area contributed by atoms with Crippen molar-refractivity contribution >= 4 is 29.9 Å². The standard InChI is InChI=1S/C17H25ClN2O2.ClH/c1-19-10-2-3-16(21)20-13-17(8-11-22-12-9-17)14-4-6-15(18)7-5-14;/h4-7,19H,2-3,8-13H2,1H3,(H,20,21);1H. The van der Waals surface area contributed by atoms with Gasteiger partial charge in [0.1, 0.15) is 0 Å². The van der Waals surface area contributed by atoms with Crippen LogP contribution in [0.2, 0.25) is 5.02 Å². The van der Waals surface area contributed by atoms with E-state index < -0.39 is 0 Å². The molecule has 2 N–H and O–H groups in total. The summed E-state index contributed by atoms with van der Waals surface area (Å²) in [5.74, 6) is 0.120. The highest BCUT2D eigenvalue weighted by Crippen LogP contribution is 2.34. The summed E-state index contributed by atoms with van der Waals surface area (Å²) < 4.78 is 5.51. The summed E-state index contributed by atoms with van der Waals surface area (Å²) in [5.41, 5.74) is 1.19. The van der Waals surface area contributed by atoms with Gasteiger partial charge in [-0.3, -0.25) is 4.79 Å². The zero-order valence-electron chi connectivity index (χ0n) is 13.6. The van der Waals surface area contributed by atoms with Crippen molar-refractivity contribution in [2.75, 3.05) is 33.4 Å². The highest BCUT2D eigenvalue weighted by molar-refractivity contribution is 6.30. The van der Waals surface area contributed by atoms with E-state index in [1.807, 2.05) is 19.2 Å². The minimum absolute atomic E-state index is 0. The molecule has 0 unspecified atom stereocenters. The topological polar surface area (TPSA) is 50.4 Å². The van der Waals surface area contributed by atoms with Crippen molar-refractivity contribution in [3.63, 3.8) is 0 Å². The zero-order chi connectivity index (χ0) is 15.8. The van der Waals surface area contributed by atoms with E-state index in [0.29, 0.717) is 13.0 Å². The molecule has 1 saturated heterocycles. The average Bonchev–Trinajstić information content (AvgIpc) is 2.55. The van der Waals surface area contributed by atoms with Crippen molar-refractivity contribution in [1.82, 2.24) is 10.6 Å². The number of amides is 1. The lowest BCUT2D eigenvalue weighted by molar-refractivity contribution is -0.121. The van der Waals surface area contributed by atoms with Crippen molar-refractivity contribution in [3.05, 3.63) is 34.9 Å². The van der Waals surface area contributed by atoms with E-state index in [2.05, 4.69) is 22.8 Å². The van der Waals surface area contributed by atoms with E-state index in [1.165, 1.54) is 5.56 Å². The van der Waals surface area contributed by atoms with Crippen LogP contribution in [0.25, 0.3) is 0 Å². The normalized spacial score (nSPS) is 16.4. The first kappa shape index (κ1) is 20.2. The number of halogens is 2. The molecule has 0 saturated carbocycles. The maximum atomic E-state index is 12.0. The fraction of sp³-hybridized carbons (Fsp3) is 0.588. The van der Waals surface area contributed by atoms with E-state index in [4.69, 9.17) is 16.3 Å².